The van der Waals surface area contributed by atoms with E-state index in [0.29, 0.717) is 17.1 Å². The summed E-state index contributed by atoms with van der Waals surface area (Å²) >= 11 is 0. The first-order valence-electron chi connectivity index (χ1n) is 8.08. The number of hydrogen-bond donors (Lipinski definition) is 3. The van der Waals surface area contributed by atoms with Crippen LogP contribution in [-0.4, -0.2) is 25.0 Å². The highest BCUT2D eigenvalue weighted by Crippen LogP contribution is 2.22. The fourth-order valence-corrected chi connectivity index (χ4v) is 2.24. The summed E-state index contributed by atoms with van der Waals surface area (Å²) in [5.41, 5.74) is 8.45. The van der Waals surface area contributed by atoms with Crippen LogP contribution in [0.25, 0.3) is 0 Å². The molecule has 0 fully saturated rings. The van der Waals surface area contributed by atoms with Gasteiger partial charge in [0.25, 0.3) is 5.91 Å². The molecule has 0 saturated heterocycles. The van der Waals surface area contributed by atoms with Crippen LogP contribution in [0.15, 0.2) is 42.5 Å². The molecule has 0 spiro atoms. The molecular weight excluding hydrogens is 318 g/mol. The first-order chi connectivity index (χ1) is 12.0. The molecule has 0 saturated carbocycles. The summed E-state index contributed by atoms with van der Waals surface area (Å²) in [5, 5.41) is 5.49. The standard InChI is InChI=1S/C19H23N3O3/c1-13-7-8-14(2)17(11-13)25-12-19(24)22-16-6-4-3-5-15(16)21-18(23)9-10-20/h3-8,11H,9-10,12,20H2,1-2H3,(H,21,23)(H,22,24). The van der Waals surface area contributed by atoms with Gasteiger partial charge in [0.15, 0.2) is 6.61 Å². The summed E-state index contributed by atoms with van der Waals surface area (Å²) in [4.78, 5) is 23.9. The average Bonchev–Trinajstić information content (AvgIpc) is 2.57. The molecule has 0 aliphatic heterocycles. The number of para-hydroxylation sites is 2. The van der Waals surface area contributed by atoms with Crippen molar-refractivity contribution in [2.75, 3.05) is 23.8 Å². The molecule has 2 rings (SSSR count). The van der Waals surface area contributed by atoms with Gasteiger partial charge in [-0.2, -0.15) is 0 Å². The van der Waals surface area contributed by atoms with Gasteiger partial charge >= 0.3 is 0 Å². The van der Waals surface area contributed by atoms with E-state index in [2.05, 4.69) is 10.6 Å². The number of anilines is 2. The van der Waals surface area contributed by atoms with E-state index in [1.807, 2.05) is 32.0 Å². The van der Waals surface area contributed by atoms with Gasteiger partial charge in [0, 0.05) is 13.0 Å². The van der Waals surface area contributed by atoms with Crippen LogP contribution in [0.2, 0.25) is 0 Å². The topological polar surface area (TPSA) is 93.5 Å². The Morgan fingerprint density at radius 1 is 1.00 bits per heavy atom. The first kappa shape index (κ1) is 18.5. The van der Waals surface area contributed by atoms with Crippen molar-refractivity contribution < 1.29 is 14.3 Å². The molecule has 0 heterocycles. The molecule has 0 radical (unpaired) electrons. The summed E-state index contributed by atoms with van der Waals surface area (Å²) < 4.78 is 5.60. The zero-order chi connectivity index (χ0) is 18.2. The lowest BCUT2D eigenvalue weighted by Crippen LogP contribution is -2.22. The van der Waals surface area contributed by atoms with Crippen LogP contribution >= 0.6 is 0 Å². The number of carbonyl (C=O) groups excluding carboxylic acids is 2. The number of benzene rings is 2. The van der Waals surface area contributed by atoms with Gasteiger partial charge in [0.2, 0.25) is 5.91 Å². The molecule has 0 atom stereocenters. The molecule has 0 bridgehead atoms. The van der Waals surface area contributed by atoms with E-state index in [4.69, 9.17) is 10.5 Å². The fourth-order valence-electron chi connectivity index (χ4n) is 2.24. The molecule has 2 aromatic carbocycles. The number of carbonyl (C=O) groups is 2. The van der Waals surface area contributed by atoms with Crippen LogP contribution in [-0.2, 0) is 9.59 Å². The smallest absolute Gasteiger partial charge is 0.262 e. The number of nitrogens with two attached hydrogens (primary N) is 1. The predicted molar refractivity (Wildman–Crippen MR) is 98.8 cm³/mol. The number of rotatable bonds is 7. The van der Waals surface area contributed by atoms with Gasteiger partial charge in [-0.25, -0.2) is 0 Å². The molecule has 132 valence electrons. The van der Waals surface area contributed by atoms with Gasteiger partial charge < -0.3 is 21.1 Å². The Morgan fingerprint density at radius 3 is 2.28 bits per heavy atom. The monoisotopic (exact) mass is 341 g/mol. The highest BCUT2D eigenvalue weighted by Gasteiger charge is 2.10. The van der Waals surface area contributed by atoms with Gasteiger partial charge in [-0.3, -0.25) is 9.59 Å². The SMILES string of the molecule is Cc1ccc(C)c(OCC(=O)Nc2ccccc2NC(=O)CCN)c1. The van der Waals surface area contributed by atoms with Gasteiger partial charge in [-0.15, -0.1) is 0 Å². The summed E-state index contributed by atoms with van der Waals surface area (Å²) in [6, 6.07) is 12.8. The number of amides is 2. The van der Waals surface area contributed by atoms with Gasteiger partial charge in [-0.05, 0) is 43.2 Å². The lowest BCUT2D eigenvalue weighted by molar-refractivity contribution is -0.118. The van der Waals surface area contributed by atoms with Gasteiger partial charge in [0.05, 0.1) is 11.4 Å². The van der Waals surface area contributed by atoms with E-state index in [-0.39, 0.29) is 31.4 Å². The normalized spacial score (nSPS) is 10.2. The third-order valence-electron chi connectivity index (χ3n) is 3.55. The van der Waals surface area contributed by atoms with Crippen molar-refractivity contribution in [1.29, 1.82) is 0 Å². The maximum atomic E-state index is 12.2. The zero-order valence-electron chi connectivity index (χ0n) is 14.5. The van der Waals surface area contributed by atoms with Gasteiger partial charge in [0.1, 0.15) is 5.75 Å². The van der Waals surface area contributed by atoms with Crippen molar-refractivity contribution in [2.24, 2.45) is 5.73 Å². The molecule has 6 nitrogen and oxygen atoms in total. The molecule has 0 aromatic heterocycles. The van der Waals surface area contributed by atoms with E-state index >= 15 is 0 Å². The van der Waals surface area contributed by atoms with E-state index in [9.17, 15) is 9.59 Å². The second-order valence-corrected chi connectivity index (χ2v) is 5.74. The van der Waals surface area contributed by atoms with Crippen molar-refractivity contribution in [2.45, 2.75) is 20.3 Å². The molecular formula is C19H23N3O3. The van der Waals surface area contributed by atoms with Crippen molar-refractivity contribution in [3.63, 3.8) is 0 Å². The Morgan fingerprint density at radius 2 is 1.64 bits per heavy atom. The average molecular weight is 341 g/mol. The second kappa shape index (κ2) is 8.84. The van der Waals surface area contributed by atoms with E-state index in [1.165, 1.54) is 0 Å². The molecule has 0 unspecified atom stereocenters. The highest BCUT2D eigenvalue weighted by molar-refractivity contribution is 6.00. The number of nitrogens with one attached hydrogen (secondary N) is 2. The van der Waals surface area contributed by atoms with Crippen molar-refractivity contribution in [1.82, 2.24) is 0 Å². The lowest BCUT2D eigenvalue weighted by atomic mass is 10.1. The number of ether oxygens (including phenoxy) is 1. The first-order valence-corrected chi connectivity index (χ1v) is 8.08. The molecule has 2 aromatic rings. The number of hydrogen-bond acceptors (Lipinski definition) is 4. The molecule has 6 heteroatoms. The Hall–Kier alpha value is -2.86. The van der Waals surface area contributed by atoms with E-state index in [0.717, 1.165) is 11.1 Å². The predicted octanol–water partition coefficient (Wildman–Crippen LogP) is 2.61. The van der Waals surface area contributed by atoms with Crippen molar-refractivity contribution >= 4 is 23.2 Å². The minimum atomic E-state index is -0.304. The zero-order valence-corrected chi connectivity index (χ0v) is 14.5. The maximum absolute atomic E-state index is 12.2. The van der Waals surface area contributed by atoms with E-state index in [1.54, 1.807) is 24.3 Å². The molecule has 0 aliphatic rings. The Bertz CT molecular complexity index is 759. The summed E-state index contributed by atoms with van der Waals surface area (Å²) in [6.07, 6.45) is 0.220. The van der Waals surface area contributed by atoms with Crippen LogP contribution in [0.4, 0.5) is 11.4 Å². The van der Waals surface area contributed by atoms with Crippen LogP contribution < -0.4 is 21.1 Å². The van der Waals surface area contributed by atoms with Crippen LogP contribution in [0.5, 0.6) is 5.75 Å². The van der Waals surface area contributed by atoms with Crippen molar-refractivity contribution in [3.05, 3.63) is 53.6 Å². The Balaban J connectivity index is 1.98. The largest absolute Gasteiger partial charge is 0.483 e. The molecule has 2 amide bonds. The van der Waals surface area contributed by atoms with Crippen LogP contribution in [0.3, 0.4) is 0 Å². The van der Waals surface area contributed by atoms with Crippen LogP contribution in [0, 0.1) is 13.8 Å². The van der Waals surface area contributed by atoms with Crippen molar-refractivity contribution in [3.8, 4) is 5.75 Å². The van der Waals surface area contributed by atoms with Gasteiger partial charge in [-0.1, -0.05) is 24.3 Å². The summed E-state index contributed by atoms with van der Waals surface area (Å²) in [5.74, 6) is 0.178. The summed E-state index contributed by atoms with van der Waals surface area (Å²) in [7, 11) is 0. The minimum absolute atomic E-state index is 0.116. The maximum Gasteiger partial charge on any atom is 0.262 e. The summed E-state index contributed by atoms with van der Waals surface area (Å²) in [6.45, 7) is 4.04. The molecule has 4 N–H and O–H groups in total. The third-order valence-corrected chi connectivity index (χ3v) is 3.55. The second-order valence-electron chi connectivity index (χ2n) is 5.74. The highest BCUT2D eigenvalue weighted by atomic mass is 16.5. The minimum Gasteiger partial charge on any atom is -0.483 e. The lowest BCUT2D eigenvalue weighted by Gasteiger charge is -2.13. The molecule has 0 aliphatic carbocycles. The quantitative estimate of drug-likeness (QED) is 0.721. The Kier molecular flexibility index (Phi) is 6.54. The molecule has 25 heavy (non-hydrogen) atoms. The van der Waals surface area contributed by atoms with E-state index < -0.39 is 0 Å². The third kappa shape index (κ3) is 5.61. The fraction of sp³-hybridized carbons (Fsp3) is 0.263. The Labute approximate surface area is 147 Å². The number of aryl methyl sites for hydroxylation is 2. The van der Waals surface area contributed by atoms with Crippen LogP contribution in [0.1, 0.15) is 17.5 Å².